The van der Waals surface area contributed by atoms with E-state index in [-0.39, 0.29) is 36.7 Å². The molecule has 2 fully saturated rings. The van der Waals surface area contributed by atoms with E-state index < -0.39 is 25.4 Å². The smallest absolute Gasteiger partial charge is 0.275 e. The highest BCUT2D eigenvalue weighted by atomic mass is 31.2. The molecule has 0 radical (unpaired) electrons. The van der Waals surface area contributed by atoms with Crippen molar-refractivity contribution in [3.63, 3.8) is 0 Å². The fraction of sp³-hybridized carbons (Fsp3) is 0.625. The number of hydrogen-bond donors (Lipinski definition) is 5. The molecule has 2 aliphatic rings. The zero-order valence-electron chi connectivity index (χ0n) is 19.2. The summed E-state index contributed by atoms with van der Waals surface area (Å²) >= 11 is 0. The number of rotatable bonds is 11. The number of Topliss-reactive ketones (excluding diaryl/α,β-unsaturated/α-hetero) is 1. The van der Waals surface area contributed by atoms with Gasteiger partial charge in [0.2, 0.25) is 11.8 Å². The second-order valence-electron chi connectivity index (χ2n) is 9.38. The minimum Gasteiger partial charge on any atom is -0.347 e. The third kappa shape index (κ3) is 8.78. The zero-order chi connectivity index (χ0) is 23.7. The highest BCUT2D eigenvalue weighted by molar-refractivity contribution is 7.65. The Morgan fingerprint density at radius 1 is 1.03 bits per heavy atom. The zero-order valence-corrected chi connectivity index (χ0v) is 20.1. The van der Waals surface area contributed by atoms with Crippen LogP contribution in [0.5, 0.6) is 0 Å². The van der Waals surface area contributed by atoms with Crippen molar-refractivity contribution < 1.29 is 24.2 Å². The molecule has 2 amide bonds. The Labute approximate surface area is 196 Å². The van der Waals surface area contributed by atoms with Crippen molar-refractivity contribution in [3.05, 3.63) is 35.9 Å². The van der Waals surface area contributed by atoms with E-state index in [1.54, 1.807) is 0 Å². The quantitative estimate of drug-likeness (QED) is 0.307. The Morgan fingerprint density at radius 3 is 2.42 bits per heavy atom. The van der Waals surface area contributed by atoms with Gasteiger partial charge in [-0.3, -0.25) is 14.4 Å². The molecular weight excluding hydrogens is 441 g/mol. The maximum atomic E-state index is 12.9. The Balaban J connectivity index is 1.52. The lowest BCUT2D eigenvalue weighted by Crippen LogP contribution is -2.53. The van der Waals surface area contributed by atoms with Crippen LogP contribution in [0, 0.1) is 5.92 Å². The van der Waals surface area contributed by atoms with Crippen molar-refractivity contribution in [3.8, 4) is 0 Å². The van der Waals surface area contributed by atoms with E-state index in [1.807, 2.05) is 30.3 Å². The average Bonchev–Trinajstić information content (AvgIpc) is 3.33. The maximum Gasteiger partial charge on any atom is 0.275 e. The molecule has 3 rings (SSSR count). The first kappa shape index (κ1) is 25.8. The highest BCUT2D eigenvalue weighted by Gasteiger charge is 2.39. The Kier molecular flexibility index (Phi) is 9.80. The summed E-state index contributed by atoms with van der Waals surface area (Å²) in [7, 11) is -3.32. The van der Waals surface area contributed by atoms with Crippen LogP contribution in [0.15, 0.2) is 30.3 Å². The Hall–Kier alpha value is -1.86. The van der Waals surface area contributed by atoms with Gasteiger partial charge >= 0.3 is 0 Å². The molecule has 1 saturated carbocycles. The first-order valence-corrected chi connectivity index (χ1v) is 14.1. The van der Waals surface area contributed by atoms with Gasteiger partial charge in [0, 0.05) is 6.42 Å². The van der Waals surface area contributed by atoms with E-state index in [1.165, 1.54) is 6.42 Å². The van der Waals surface area contributed by atoms with Crippen LogP contribution in [0.3, 0.4) is 0 Å². The van der Waals surface area contributed by atoms with Crippen LogP contribution in [0.25, 0.3) is 0 Å². The Morgan fingerprint density at radius 2 is 1.76 bits per heavy atom. The lowest BCUT2D eigenvalue weighted by Gasteiger charge is -2.23. The average molecular weight is 479 g/mol. The van der Waals surface area contributed by atoms with Gasteiger partial charge in [0.1, 0.15) is 12.2 Å². The van der Waals surface area contributed by atoms with Gasteiger partial charge in [0.05, 0.1) is 12.6 Å². The molecule has 1 heterocycles. The number of carbonyl (C=O) groups is 3. The van der Waals surface area contributed by atoms with E-state index in [0.29, 0.717) is 6.42 Å². The molecule has 0 unspecified atom stereocenters. The predicted molar refractivity (Wildman–Crippen MR) is 129 cm³/mol. The second-order valence-corrected chi connectivity index (χ2v) is 11.8. The largest absolute Gasteiger partial charge is 0.347 e. The van der Waals surface area contributed by atoms with Crippen LogP contribution in [-0.2, 0) is 20.8 Å². The van der Waals surface area contributed by atoms with Crippen molar-refractivity contribution in [2.24, 2.45) is 5.92 Å². The lowest BCUT2D eigenvalue weighted by molar-refractivity contribution is -0.130. The predicted octanol–water partition coefficient (Wildman–Crippen LogP) is 1.56. The third-order valence-electron chi connectivity index (χ3n) is 6.46. The third-order valence-corrected chi connectivity index (χ3v) is 8.42. The molecule has 182 valence electrons. The first-order chi connectivity index (χ1) is 15.8. The number of carbonyl (C=O) groups excluding carboxylic acids is 3. The highest BCUT2D eigenvalue weighted by Crippen LogP contribution is 2.52. The van der Waals surface area contributed by atoms with Gasteiger partial charge in [0.25, 0.3) is 7.72 Å². The monoisotopic (exact) mass is 478 g/mol. The van der Waals surface area contributed by atoms with Gasteiger partial charge in [0.15, 0.2) is 11.9 Å². The molecule has 33 heavy (non-hydrogen) atoms. The van der Waals surface area contributed by atoms with Crippen molar-refractivity contribution in [1.29, 1.82) is 0 Å². The molecular formula is C24H37N3O5P+. The van der Waals surface area contributed by atoms with Gasteiger partial charge < -0.3 is 16.0 Å². The first-order valence-electron chi connectivity index (χ1n) is 12.0. The molecule has 1 aromatic carbocycles. The molecule has 5 N–H and O–H groups in total. The summed E-state index contributed by atoms with van der Waals surface area (Å²) < 4.78 is 0. The molecule has 1 aromatic rings. The normalized spacial score (nSPS) is 20.2. The molecule has 0 aromatic heterocycles. The second kappa shape index (κ2) is 12.6. The molecule has 9 heteroatoms. The van der Waals surface area contributed by atoms with Crippen molar-refractivity contribution in [1.82, 2.24) is 16.0 Å². The van der Waals surface area contributed by atoms with Crippen LogP contribution in [0.4, 0.5) is 0 Å². The van der Waals surface area contributed by atoms with Crippen LogP contribution in [0.2, 0.25) is 0 Å². The number of hydrogen-bond acceptors (Lipinski definition) is 6. The van der Waals surface area contributed by atoms with Crippen LogP contribution in [-0.4, -0.2) is 64.9 Å². The molecule has 1 saturated heterocycles. The van der Waals surface area contributed by atoms with E-state index >= 15 is 0 Å². The van der Waals surface area contributed by atoms with E-state index in [0.717, 1.165) is 50.6 Å². The number of benzene rings is 1. The summed E-state index contributed by atoms with van der Waals surface area (Å²) in [6.07, 6.45) is 7.24. The van der Waals surface area contributed by atoms with Crippen LogP contribution < -0.4 is 16.0 Å². The molecule has 8 nitrogen and oxygen atoms in total. The molecule has 0 spiro atoms. The molecule has 2 atom stereocenters. The van der Waals surface area contributed by atoms with E-state index in [9.17, 15) is 24.2 Å². The van der Waals surface area contributed by atoms with Crippen molar-refractivity contribution in [2.45, 2.75) is 63.5 Å². The van der Waals surface area contributed by atoms with Gasteiger partial charge in [-0.1, -0.05) is 49.6 Å². The summed E-state index contributed by atoms with van der Waals surface area (Å²) in [6, 6.07) is 8.25. The standard InChI is InChI=1S/C24H36N3O5P/c28-20(17-33(31,32)16-19-10-5-2-6-11-19)15-26-23(29)22(14-18-8-3-1-4-9-18)27-24(30)21-12-7-13-25-21/h1,3-4,8-9,19,21-22,25,31-32H,2,5-7,10-17H2,(H-,26,27,29,30)/p+1/t21-,22-/m0/s1. The summed E-state index contributed by atoms with van der Waals surface area (Å²) in [5.74, 6) is -0.817. The van der Waals surface area contributed by atoms with Gasteiger partial charge in [-0.25, -0.2) is 9.79 Å². The van der Waals surface area contributed by atoms with Crippen LogP contribution in [0.1, 0.15) is 50.5 Å². The molecule has 0 bridgehead atoms. The maximum absolute atomic E-state index is 12.9. The summed E-state index contributed by atoms with van der Waals surface area (Å²) in [4.78, 5) is 58.7. The van der Waals surface area contributed by atoms with Gasteiger partial charge in [-0.15, -0.1) is 0 Å². The minimum absolute atomic E-state index is 0.224. The number of amides is 2. The molecule has 1 aliphatic heterocycles. The fourth-order valence-electron chi connectivity index (χ4n) is 4.73. The number of nitrogens with one attached hydrogen (secondary N) is 3. The molecule has 1 aliphatic carbocycles. The van der Waals surface area contributed by atoms with E-state index in [4.69, 9.17) is 0 Å². The SMILES string of the molecule is O=C(CNC(=O)[C@H](Cc1ccccc1)NC(=O)[C@@H]1CCCN1)C[P+](O)(O)CC1CCCCC1. The summed E-state index contributed by atoms with van der Waals surface area (Å²) in [6.45, 7) is 0.491. The van der Waals surface area contributed by atoms with Crippen molar-refractivity contribution >= 4 is 25.3 Å². The summed E-state index contributed by atoms with van der Waals surface area (Å²) in [5, 5.41) is 8.54. The number of ketones is 1. The van der Waals surface area contributed by atoms with Crippen LogP contribution >= 0.6 is 7.72 Å². The van der Waals surface area contributed by atoms with E-state index in [2.05, 4.69) is 16.0 Å². The Bertz CT molecular complexity index is 793. The fourth-order valence-corrected chi connectivity index (χ4v) is 6.73. The topological polar surface area (TPSA) is 128 Å². The summed E-state index contributed by atoms with van der Waals surface area (Å²) in [5.41, 5.74) is 0.895. The van der Waals surface area contributed by atoms with Gasteiger partial charge in [-0.05, 0) is 43.7 Å². The van der Waals surface area contributed by atoms with Gasteiger partial charge in [-0.2, -0.15) is 0 Å². The lowest BCUT2D eigenvalue weighted by atomic mass is 9.91. The van der Waals surface area contributed by atoms with Crippen molar-refractivity contribution in [2.75, 3.05) is 25.4 Å². The minimum atomic E-state index is -3.32.